The van der Waals surface area contributed by atoms with Crippen molar-refractivity contribution in [1.29, 1.82) is 0 Å². The number of hydrogen-bond donors (Lipinski definition) is 1. The van der Waals surface area contributed by atoms with Gasteiger partial charge in [-0.15, -0.1) is 0 Å². The molecule has 0 atom stereocenters. The van der Waals surface area contributed by atoms with E-state index in [0.717, 1.165) is 37.6 Å². The van der Waals surface area contributed by atoms with Gasteiger partial charge in [0, 0.05) is 55.0 Å². The minimum absolute atomic E-state index is 0.376. The number of nitrogens with one attached hydrogen (secondary N) is 1. The zero-order valence-electron chi connectivity index (χ0n) is 15.7. The molecule has 4 rings (SSSR count). The summed E-state index contributed by atoms with van der Waals surface area (Å²) >= 11 is 0. The highest BCUT2D eigenvalue weighted by Gasteiger charge is 2.20. The van der Waals surface area contributed by atoms with Crippen LogP contribution in [0.1, 0.15) is 48.0 Å². The molecule has 0 fully saturated rings. The van der Waals surface area contributed by atoms with Crippen molar-refractivity contribution < 1.29 is 0 Å². The fraction of sp³-hybridized carbons (Fsp3) is 0.381. The molecule has 0 bridgehead atoms. The summed E-state index contributed by atoms with van der Waals surface area (Å²) in [5, 5.41) is 7.45. The van der Waals surface area contributed by atoms with E-state index in [-0.39, 0.29) is 0 Å². The van der Waals surface area contributed by atoms with Crippen molar-refractivity contribution in [2.75, 3.05) is 6.54 Å². The summed E-state index contributed by atoms with van der Waals surface area (Å²) < 4.78 is 0. The monoisotopic (exact) mass is 347 g/mol. The van der Waals surface area contributed by atoms with Crippen molar-refractivity contribution in [1.82, 2.24) is 25.1 Å². The molecule has 3 heterocycles. The van der Waals surface area contributed by atoms with Crippen LogP contribution in [0, 0.1) is 6.92 Å². The lowest BCUT2D eigenvalue weighted by Gasteiger charge is -2.28. The Balaban J connectivity index is 1.51. The summed E-state index contributed by atoms with van der Waals surface area (Å²) in [4.78, 5) is 11.7. The molecule has 5 nitrogen and oxygen atoms in total. The van der Waals surface area contributed by atoms with Crippen LogP contribution in [0.15, 0.2) is 36.7 Å². The van der Waals surface area contributed by atoms with E-state index in [1.165, 1.54) is 27.9 Å². The van der Waals surface area contributed by atoms with Gasteiger partial charge in [-0.3, -0.25) is 10.00 Å². The first kappa shape index (κ1) is 16.9. The van der Waals surface area contributed by atoms with Crippen molar-refractivity contribution in [3.05, 3.63) is 64.9 Å². The van der Waals surface area contributed by atoms with E-state index in [0.29, 0.717) is 5.92 Å². The highest BCUT2D eigenvalue weighted by atomic mass is 15.2. The second-order valence-electron chi connectivity index (χ2n) is 7.45. The lowest BCUT2D eigenvalue weighted by molar-refractivity contribution is 0.243. The summed E-state index contributed by atoms with van der Waals surface area (Å²) in [6.45, 7) is 9.18. The van der Waals surface area contributed by atoms with Gasteiger partial charge in [0.2, 0.25) is 0 Å². The van der Waals surface area contributed by atoms with Gasteiger partial charge in [0.15, 0.2) is 0 Å². The van der Waals surface area contributed by atoms with E-state index >= 15 is 0 Å². The average Bonchev–Trinajstić information content (AvgIpc) is 3.10. The molecule has 0 saturated heterocycles. The molecule has 1 aromatic carbocycles. The van der Waals surface area contributed by atoms with E-state index in [1.807, 2.05) is 12.4 Å². The maximum Gasteiger partial charge on any atom is 0.131 e. The number of fused-ring (bicyclic) bond motifs is 1. The number of nitrogens with zero attached hydrogens (tertiary/aromatic N) is 4. The third-order valence-corrected chi connectivity index (χ3v) is 5.00. The van der Waals surface area contributed by atoms with E-state index in [4.69, 9.17) is 4.98 Å². The third-order valence-electron chi connectivity index (χ3n) is 5.00. The van der Waals surface area contributed by atoms with Gasteiger partial charge in [0.25, 0.3) is 0 Å². The number of aromatic amines is 1. The van der Waals surface area contributed by atoms with Crippen molar-refractivity contribution in [2.45, 2.75) is 46.2 Å². The summed E-state index contributed by atoms with van der Waals surface area (Å²) in [6, 6.07) is 8.58. The molecular weight excluding hydrogens is 322 g/mol. The van der Waals surface area contributed by atoms with E-state index < -0.39 is 0 Å². The van der Waals surface area contributed by atoms with Crippen LogP contribution < -0.4 is 0 Å². The summed E-state index contributed by atoms with van der Waals surface area (Å²) in [5.74, 6) is 1.33. The van der Waals surface area contributed by atoms with Gasteiger partial charge in [-0.25, -0.2) is 9.97 Å². The number of benzene rings is 1. The summed E-state index contributed by atoms with van der Waals surface area (Å²) in [5.41, 5.74) is 7.26. The first-order valence-electron chi connectivity index (χ1n) is 9.26. The van der Waals surface area contributed by atoms with Gasteiger partial charge in [0.1, 0.15) is 5.82 Å². The van der Waals surface area contributed by atoms with Crippen molar-refractivity contribution in [3.8, 4) is 11.3 Å². The molecule has 26 heavy (non-hydrogen) atoms. The lowest BCUT2D eigenvalue weighted by atomic mass is 10.0. The Labute approximate surface area is 154 Å². The van der Waals surface area contributed by atoms with Crippen LogP contribution >= 0.6 is 0 Å². The number of rotatable bonds is 4. The Kier molecular flexibility index (Phi) is 4.55. The minimum Gasteiger partial charge on any atom is -0.294 e. The van der Waals surface area contributed by atoms with Gasteiger partial charge < -0.3 is 0 Å². The molecule has 5 heteroatoms. The van der Waals surface area contributed by atoms with E-state index in [1.54, 1.807) is 0 Å². The van der Waals surface area contributed by atoms with Gasteiger partial charge >= 0.3 is 0 Å². The third kappa shape index (κ3) is 3.40. The molecule has 3 aromatic rings. The van der Waals surface area contributed by atoms with Gasteiger partial charge in [0.05, 0.1) is 11.9 Å². The normalized spacial score (nSPS) is 14.6. The number of hydrogen-bond acceptors (Lipinski definition) is 4. The maximum absolute atomic E-state index is 4.76. The minimum atomic E-state index is 0.376. The Morgan fingerprint density at radius 1 is 1.15 bits per heavy atom. The predicted molar refractivity (Wildman–Crippen MR) is 103 cm³/mol. The zero-order chi connectivity index (χ0) is 18.1. The first-order chi connectivity index (χ1) is 12.6. The van der Waals surface area contributed by atoms with Crippen molar-refractivity contribution >= 4 is 0 Å². The Morgan fingerprint density at radius 3 is 2.73 bits per heavy atom. The molecule has 1 aliphatic heterocycles. The molecule has 0 saturated carbocycles. The Bertz CT molecular complexity index is 895. The maximum atomic E-state index is 4.76. The highest BCUT2D eigenvalue weighted by Crippen LogP contribution is 2.25. The second kappa shape index (κ2) is 7.00. The zero-order valence-corrected chi connectivity index (χ0v) is 15.7. The Morgan fingerprint density at radius 2 is 1.96 bits per heavy atom. The smallest absolute Gasteiger partial charge is 0.131 e. The molecule has 0 aliphatic carbocycles. The lowest BCUT2D eigenvalue weighted by Crippen LogP contribution is -2.31. The molecule has 0 unspecified atom stereocenters. The van der Waals surface area contributed by atoms with Crippen LogP contribution in [0.4, 0.5) is 0 Å². The largest absolute Gasteiger partial charge is 0.294 e. The standard InChI is InChI=1S/C21H25N5/c1-14(2)21-22-10-17-12-26(9-8-19(17)24-21)13-18-11-23-25-20(18)16-6-4-15(3)5-7-16/h4-7,10-11,14H,8-9,12-13H2,1-3H3,(H,23,25). The number of aryl methyl sites for hydroxylation is 1. The average molecular weight is 347 g/mol. The van der Waals surface area contributed by atoms with Crippen LogP contribution in [0.5, 0.6) is 0 Å². The number of aromatic nitrogens is 4. The molecule has 0 radical (unpaired) electrons. The molecule has 0 spiro atoms. The van der Waals surface area contributed by atoms with Crippen LogP contribution in [-0.4, -0.2) is 31.6 Å². The second-order valence-corrected chi connectivity index (χ2v) is 7.45. The molecule has 1 N–H and O–H groups in total. The fourth-order valence-electron chi connectivity index (χ4n) is 3.45. The van der Waals surface area contributed by atoms with Gasteiger partial charge in [-0.2, -0.15) is 5.10 Å². The first-order valence-corrected chi connectivity index (χ1v) is 9.26. The molecule has 134 valence electrons. The fourth-order valence-corrected chi connectivity index (χ4v) is 3.45. The van der Waals surface area contributed by atoms with Crippen molar-refractivity contribution in [3.63, 3.8) is 0 Å². The van der Waals surface area contributed by atoms with Crippen LogP contribution in [-0.2, 0) is 19.5 Å². The van der Waals surface area contributed by atoms with Crippen LogP contribution in [0.2, 0.25) is 0 Å². The van der Waals surface area contributed by atoms with Crippen LogP contribution in [0.3, 0.4) is 0 Å². The van der Waals surface area contributed by atoms with Gasteiger partial charge in [-0.05, 0) is 12.5 Å². The number of H-pyrrole nitrogens is 1. The van der Waals surface area contributed by atoms with E-state index in [9.17, 15) is 0 Å². The van der Waals surface area contributed by atoms with Crippen molar-refractivity contribution in [2.24, 2.45) is 0 Å². The van der Waals surface area contributed by atoms with Gasteiger partial charge in [-0.1, -0.05) is 43.7 Å². The molecule has 1 aliphatic rings. The van der Waals surface area contributed by atoms with E-state index in [2.05, 4.69) is 65.1 Å². The molecule has 0 amide bonds. The van der Waals surface area contributed by atoms with Crippen LogP contribution in [0.25, 0.3) is 11.3 Å². The molecule has 2 aromatic heterocycles. The predicted octanol–water partition coefficient (Wildman–Crippen LogP) is 3.86. The SMILES string of the molecule is Cc1ccc(-c2[nH]ncc2CN2CCc3nc(C(C)C)ncc3C2)cc1. The quantitative estimate of drug-likeness (QED) is 0.779. The summed E-state index contributed by atoms with van der Waals surface area (Å²) in [6.07, 6.45) is 4.94. The Hall–Kier alpha value is -2.53. The molecular formula is C21H25N5. The highest BCUT2D eigenvalue weighted by molar-refractivity contribution is 5.62. The summed E-state index contributed by atoms with van der Waals surface area (Å²) in [7, 11) is 0. The topological polar surface area (TPSA) is 57.7 Å².